The van der Waals surface area contributed by atoms with Gasteiger partial charge in [-0.2, -0.15) is 13.2 Å². The Morgan fingerprint density at radius 1 is 1.50 bits per heavy atom. The molecule has 1 N–H and O–H groups in total. The molecule has 0 aromatic heterocycles. The van der Waals surface area contributed by atoms with Crippen molar-refractivity contribution in [2.75, 3.05) is 25.4 Å². The van der Waals surface area contributed by atoms with Crippen molar-refractivity contribution in [2.45, 2.75) is 19.4 Å². The third kappa shape index (κ3) is 8.84. The quantitative estimate of drug-likeness (QED) is 0.561. The van der Waals surface area contributed by atoms with Gasteiger partial charge < -0.3 is 10.1 Å². The van der Waals surface area contributed by atoms with Crippen LogP contribution in [0.25, 0.3) is 0 Å². The maximum absolute atomic E-state index is 11.7. The number of carbonyl (C=O) groups is 1. The van der Waals surface area contributed by atoms with Gasteiger partial charge in [-0.1, -0.05) is 6.92 Å². The average molecular weight is 259 g/mol. The van der Waals surface area contributed by atoms with Crippen LogP contribution in [0.1, 0.15) is 13.8 Å². The highest BCUT2D eigenvalue weighted by atomic mass is 32.2. The molecule has 0 aliphatic heterocycles. The van der Waals surface area contributed by atoms with E-state index >= 15 is 0 Å². The highest BCUT2D eigenvalue weighted by Crippen LogP contribution is 2.29. The van der Waals surface area contributed by atoms with Crippen molar-refractivity contribution in [2.24, 2.45) is 5.92 Å². The molecule has 0 spiro atoms. The molecule has 0 aliphatic rings. The van der Waals surface area contributed by atoms with E-state index in [1.165, 1.54) is 0 Å². The number of hydrogen-bond acceptors (Lipinski definition) is 4. The van der Waals surface area contributed by atoms with Crippen LogP contribution in [0.15, 0.2) is 0 Å². The smallest absolute Gasteiger partial charge is 0.441 e. The molecule has 16 heavy (non-hydrogen) atoms. The molecule has 0 heterocycles. The van der Waals surface area contributed by atoms with Crippen LogP contribution >= 0.6 is 11.8 Å². The average Bonchev–Trinajstić information content (AvgIpc) is 2.15. The topological polar surface area (TPSA) is 38.3 Å². The number of esters is 1. The normalized spacial score (nSPS) is 13.6. The zero-order valence-corrected chi connectivity index (χ0v) is 10.1. The van der Waals surface area contributed by atoms with Crippen molar-refractivity contribution in [3.63, 3.8) is 0 Å². The molecule has 7 heteroatoms. The predicted molar refractivity (Wildman–Crippen MR) is 57.2 cm³/mol. The molecule has 96 valence electrons. The van der Waals surface area contributed by atoms with Crippen LogP contribution in [0, 0.1) is 5.92 Å². The number of nitrogens with one attached hydrogen (secondary N) is 1. The Balaban J connectivity index is 3.48. The second-order valence-corrected chi connectivity index (χ2v) is 4.31. The van der Waals surface area contributed by atoms with E-state index in [4.69, 9.17) is 4.74 Å². The first-order valence-electron chi connectivity index (χ1n) is 4.95. The third-order valence-corrected chi connectivity index (χ3v) is 2.42. The maximum atomic E-state index is 11.7. The first-order valence-corrected chi connectivity index (χ1v) is 5.93. The SMILES string of the molecule is CCOC(=O)C(C)CNCCSC(F)(F)F. The second kappa shape index (κ2) is 7.78. The summed E-state index contributed by atoms with van der Waals surface area (Å²) in [6.45, 7) is 4.23. The minimum Gasteiger partial charge on any atom is -0.466 e. The molecule has 0 saturated carbocycles. The number of alkyl halides is 3. The summed E-state index contributed by atoms with van der Waals surface area (Å²) in [5.74, 6) is -0.728. The Bertz CT molecular complexity index is 211. The summed E-state index contributed by atoms with van der Waals surface area (Å²) >= 11 is -0.0748. The molecule has 0 amide bonds. The third-order valence-electron chi connectivity index (χ3n) is 1.68. The number of hydrogen-bond donors (Lipinski definition) is 1. The molecule has 0 aromatic rings. The second-order valence-electron chi connectivity index (χ2n) is 3.15. The van der Waals surface area contributed by atoms with E-state index in [0.717, 1.165) is 0 Å². The Morgan fingerprint density at radius 3 is 2.62 bits per heavy atom. The fourth-order valence-corrected chi connectivity index (χ4v) is 1.40. The predicted octanol–water partition coefficient (Wildman–Crippen LogP) is 2.03. The molecule has 0 aliphatic carbocycles. The Labute approximate surface area is 97.1 Å². The van der Waals surface area contributed by atoms with E-state index in [2.05, 4.69) is 5.32 Å². The van der Waals surface area contributed by atoms with Gasteiger partial charge >= 0.3 is 11.5 Å². The van der Waals surface area contributed by atoms with Gasteiger partial charge in [0.05, 0.1) is 12.5 Å². The number of thioether (sulfide) groups is 1. The molecule has 0 fully saturated rings. The van der Waals surface area contributed by atoms with Crippen molar-refractivity contribution in [3.05, 3.63) is 0 Å². The van der Waals surface area contributed by atoms with Crippen molar-refractivity contribution in [1.29, 1.82) is 0 Å². The Kier molecular flexibility index (Phi) is 7.57. The van der Waals surface area contributed by atoms with Crippen LogP contribution in [0.5, 0.6) is 0 Å². The first-order chi connectivity index (χ1) is 7.37. The summed E-state index contributed by atoms with van der Waals surface area (Å²) in [4.78, 5) is 11.1. The van der Waals surface area contributed by atoms with Gasteiger partial charge in [-0.05, 0) is 18.7 Å². The number of ether oxygens (including phenoxy) is 1. The van der Waals surface area contributed by atoms with Crippen LogP contribution in [0.3, 0.4) is 0 Å². The number of halogens is 3. The minimum absolute atomic E-state index is 0.0565. The van der Waals surface area contributed by atoms with Crippen LogP contribution < -0.4 is 5.32 Å². The summed E-state index contributed by atoms with van der Waals surface area (Å²) in [5.41, 5.74) is -4.19. The van der Waals surface area contributed by atoms with Gasteiger partial charge in [0.15, 0.2) is 0 Å². The molecule has 3 nitrogen and oxygen atoms in total. The van der Waals surface area contributed by atoms with Crippen molar-refractivity contribution < 1.29 is 22.7 Å². The zero-order valence-electron chi connectivity index (χ0n) is 9.26. The molecule has 0 radical (unpaired) electrons. The molecule has 0 aromatic carbocycles. The van der Waals surface area contributed by atoms with Crippen LogP contribution in [0.4, 0.5) is 13.2 Å². The van der Waals surface area contributed by atoms with Gasteiger partial charge in [0.2, 0.25) is 0 Å². The lowest BCUT2D eigenvalue weighted by Crippen LogP contribution is -2.29. The van der Waals surface area contributed by atoms with E-state index in [-0.39, 0.29) is 35.9 Å². The summed E-state index contributed by atoms with van der Waals surface area (Å²) in [6.07, 6.45) is 0. The highest BCUT2D eigenvalue weighted by Gasteiger charge is 2.27. The van der Waals surface area contributed by atoms with Crippen molar-refractivity contribution in [3.8, 4) is 0 Å². The van der Waals surface area contributed by atoms with Crippen LogP contribution in [-0.4, -0.2) is 36.9 Å². The molecule has 1 atom stereocenters. The van der Waals surface area contributed by atoms with E-state index in [1.807, 2.05) is 0 Å². The summed E-state index contributed by atoms with van der Waals surface area (Å²) in [6, 6.07) is 0. The standard InChI is InChI=1S/C9H16F3NO2S/c1-3-15-8(14)7(2)6-13-4-5-16-9(10,11)12/h7,13H,3-6H2,1-2H3. The lowest BCUT2D eigenvalue weighted by Gasteiger charge is -2.11. The van der Waals surface area contributed by atoms with Gasteiger partial charge in [-0.3, -0.25) is 4.79 Å². The molecule has 0 rings (SSSR count). The fraction of sp³-hybridized carbons (Fsp3) is 0.889. The molecule has 0 saturated heterocycles. The maximum Gasteiger partial charge on any atom is 0.441 e. The largest absolute Gasteiger partial charge is 0.466 e. The van der Waals surface area contributed by atoms with E-state index in [0.29, 0.717) is 13.2 Å². The lowest BCUT2D eigenvalue weighted by molar-refractivity contribution is -0.147. The fourth-order valence-electron chi connectivity index (χ4n) is 0.925. The minimum atomic E-state index is -4.19. The van der Waals surface area contributed by atoms with Gasteiger partial charge in [0.1, 0.15) is 0 Å². The van der Waals surface area contributed by atoms with Gasteiger partial charge in [0, 0.05) is 18.8 Å². The van der Waals surface area contributed by atoms with Crippen LogP contribution in [-0.2, 0) is 9.53 Å². The van der Waals surface area contributed by atoms with E-state index in [1.54, 1.807) is 13.8 Å². The molecular formula is C9H16F3NO2S. The van der Waals surface area contributed by atoms with Crippen molar-refractivity contribution in [1.82, 2.24) is 5.32 Å². The van der Waals surface area contributed by atoms with Gasteiger partial charge in [-0.15, -0.1) is 0 Å². The number of rotatable bonds is 7. The van der Waals surface area contributed by atoms with Crippen molar-refractivity contribution >= 4 is 17.7 Å². The zero-order chi connectivity index (χ0) is 12.6. The molecule has 1 unspecified atom stereocenters. The van der Waals surface area contributed by atoms with Gasteiger partial charge in [-0.25, -0.2) is 0 Å². The first kappa shape index (κ1) is 15.6. The lowest BCUT2D eigenvalue weighted by atomic mass is 10.2. The molecule has 0 bridgehead atoms. The monoisotopic (exact) mass is 259 g/mol. The van der Waals surface area contributed by atoms with E-state index in [9.17, 15) is 18.0 Å². The van der Waals surface area contributed by atoms with Gasteiger partial charge in [0.25, 0.3) is 0 Å². The molecular weight excluding hydrogens is 243 g/mol. The van der Waals surface area contributed by atoms with E-state index < -0.39 is 5.51 Å². The summed E-state index contributed by atoms with van der Waals surface area (Å²) < 4.78 is 39.9. The van der Waals surface area contributed by atoms with Crippen LogP contribution in [0.2, 0.25) is 0 Å². The summed E-state index contributed by atoms with van der Waals surface area (Å²) in [7, 11) is 0. The number of carbonyl (C=O) groups excluding carboxylic acids is 1. The highest BCUT2D eigenvalue weighted by molar-refractivity contribution is 8.00. The Hall–Kier alpha value is -0.430. The summed E-state index contributed by atoms with van der Waals surface area (Å²) in [5, 5.41) is 2.78. The Morgan fingerprint density at radius 2 is 2.12 bits per heavy atom.